The fraction of sp³-hybridized carbons (Fsp3) is 0. The first-order valence-electron chi connectivity index (χ1n) is 6.98. The number of Topliss-reactive ketones (excluding diaryl/α,β-unsaturated/α-hetero) is 1. The Labute approximate surface area is 153 Å². The van der Waals surface area contributed by atoms with Crippen molar-refractivity contribution in [2.45, 2.75) is 0 Å². The third-order valence-corrected chi connectivity index (χ3v) is 4.66. The number of allylic oxidation sites excluding steroid dienone is 1. The number of rotatable bonds is 1. The van der Waals surface area contributed by atoms with Crippen molar-refractivity contribution >= 4 is 54.7 Å². The zero-order valence-electron chi connectivity index (χ0n) is 12.0. The number of hydrogen-bond donors (Lipinski definition) is 0. The molecule has 0 saturated heterocycles. The monoisotopic (exact) mass is 446 g/mol. The molecule has 4 rings (SSSR count). The van der Waals surface area contributed by atoms with Crippen molar-refractivity contribution in [1.82, 2.24) is 0 Å². The van der Waals surface area contributed by atoms with E-state index >= 15 is 0 Å². The molecule has 2 heterocycles. The van der Waals surface area contributed by atoms with Crippen LogP contribution in [0, 0.1) is 0 Å². The summed E-state index contributed by atoms with van der Waals surface area (Å²) in [7, 11) is 0. The molecule has 0 atom stereocenters. The van der Waals surface area contributed by atoms with Crippen molar-refractivity contribution < 1.29 is 13.9 Å². The Kier molecular flexibility index (Phi) is 3.66. The van der Waals surface area contributed by atoms with Gasteiger partial charge in [0.2, 0.25) is 5.78 Å². The Hall–Kier alpha value is -2.18. The average molecular weight is 448 g/mol. The summed E-state index contributed by atoms with van der Waals surface area (Å²) >= 11 is 6.66. The predicted molar refractivity (Wildman–Crippen MR) is 97.3 cm³/mol. The van der Waals surface area contributed by atoms with Gasteiger partial charge in [0.05, 0.1) is 16.5 Å². The molecule has 1 aromatic heterocycles. The molecule has 0 bridgehead atoms. The number of ether oxygens (including phenoxy) is 1. The van der Waals surface area contributed by atoms with Gasteiger partial charge in [-0.2, -0.15) is 0 Å². The van der Waals surface area contributed by atoms with E-state index in [1.54, 1.807) is 36.4 Å². The molecule has 3 aromatic rings. The van der Waals surface area contributed by atoms with Crippen LogP contribution >= 0.6 is 31.9 Å². The highest BCUT2D eigenvalue weighted by Gasteiger charge is 2.27. The lowest BCUT2D eigenvalue weighted by atomic mass is 10.1. The molecule has 0 saturated carbocycles. The van der Waals surface area contributed by atoms with Crippen molar-refractivity contribution in [1.29, 1.82) is 0 Å². The molecule has 2 aromatic carbocycles. The maximum atomic E-state index is 12.6. The Morgan fingerprint density at radius 3 is 2.54 bits per heavy atom. The van der Waals surface area contributed by atoms with E-state index < -0.39 is 0 Å². The lowest BCUT2D eigenvalue weighted by Gasteiger charge is -2.01. The van der Waals surface area contributed by atoms with Gasteiger partial charge in [-0.3, -0.25) is 9.59 Å². The van der Waals surface area contributed by atoms with Gasteiger partial charge in [0.1, 0.15) is 17.6 Å². The van der Waals surface area contributed by atoms with Gasteiger partial charge in [-0.05, 0) is 42.5 Å². The fourth-order valence-electron chi connectivity index (χ4n) is 2.52. The summed E-state index contributed by atoms with van der Waals surface area (Å²) in [6, 6.07) is 10.4. The largest absolute Gasteiger partial charge is 0.463 e. The summed E-state index contributed by atoms with van der Waals surface area (Å²) in [5.41, 5.74) is 0.981. The van der Waals surface area contributed by atoms with Crippen molar-refractivity contribution in [3.63, 3.8) is 0 Å². The molecule has 0 amide bonds. The van der Waals surface area contributed by atoms with Crippen molar-refractivity contribution in [2.24, 2.45) is 0 Å². The van der Waals surface area contributed by atoms with Crippen LogP contribution in [0.5, 0.6) is 5.75 Å². The van der Waals surface area contributed by atoms with Gasteiger partial charge >= 0.3 is 0 Å². The smallest absolute Gasteiger partial charge is 0.232 e. The van der Waals surface area contributed by atoms with Crippen LogP contribution in [0.15, 0.2) is 66.6 Å². The van der Waals surface area contributed by atoms with Gasteiger partial charge in [-0.25, -0.2) is 0 Å². The average Bonchev–Trinajstić information content (AvgIpc) is 2.87. The number of benzene rings is 2. The number of carbonyl (C=O) groups excluding carboxylic acids is 1. The van der Waals surface area contributed by atoms with Crippen LogP contribution in [0.25, 0.3) is 17.0 Å². The van der Waals surface area contributed by atoms with E-state index in [1.165, 1.54) is 12.3 Å². The SMILES string of the molecule is O=C1/C(=C/c2coc3ccc(Br)cc3c2=O)Oc2ccc(Br)cc21. The molecule has 118 valence electrons. The number of carbonyl (C=O) groups is 1. The Bertz CT molecular complexity index is 1100. The highest BCUT2D eigenvalue weighted by molar-refractivity contribution is 9.10. The van der Waals surface area contributed by atoms with E-state index in [4.69, 9.17) is 9.15 Å². The zero-order valence-corrected chi connectivity index (χ0v) is 15.2. The molecule has 0 unspecified atom stereocenters. The maximum absolute atomic E-state index is 12.6. The van der Waals surface area contributed by atoms with Crippen LogP contribution in [-0.2, 0) is 0 Å². The number of ketones is 1. The van der Waals surface area contributed by atoms with Gasteiger partial charge in [-0.15, -0.1) is 0 Å². The molecule has 0 N–H and O–H groups in total. The first-order valence-corrected chi connectivity index (χ1v) is 8.56. The standard InChI is InChI=1S/C18H8Br2O4/c19-10-1-3-14-12(6-10)17(21)9(8-23-14)5-16-18(22)13-7-11(20)2-4-15(13)24-16/h1-8H/b16-5-. The summed E-state index contributed by atoms with van der Waals surface area (Å²) in [6.07, 6.45) is 2.75. The molecule has 4 nitrogen and oxygen atoms in total. The van der Waals surface area contributed by atoms with Crippen molar-refractivity contribution in [2.75, 3.05) is 0 Å². The lowest BCUT2D eigenvalue weighted by Crippen LogP contribution is -2.07. The van der Waals surface area contributed by atoms with Gasteiger partial charge < -0.3 is 9.15 Å². The molecule has 0 spiro atoms. The first-order chi connectivity index (χ1) is 11.5. The number of fused-ring (bicyclic) bond motifs is 2. The minimum Gasteiger partial charge on any atom is -0.463 e. The highest BCUT2D eigenvalue weighted by Crippen LogP contribution is 2.33. The fourth-order valence-corrected chi connectivity index (χ4v) is 3.24. The lowest BCUT2D eigenvalue weighted by molar-refractivity contribution is 0.101. The van der Waals surface area contributed by atoms with Gasteiger partial charge in [-0.1, -0.05) is 31.9 Å². The first kappa shape index (κ1) is 15.4. The second-order valence-corrected chi connectivity index (χ2v) is 7.07. The molecule has 1 aliphatic heterocycles. The van der Waals surface area contributed by atoms with Gasteiger partial charge in [0.25, 0.3) is 0 Å². The topological polar surface area (TPSA) is 56.5 Å². The molecule has 24 heavy (non-hydrogen) atoms. The summed E-state index contributed by atoms with van der Waals surface area (Å²) in [5.74, 6) is 0.312. The van der Waals surface area contributed by atoms with E-state index in [0.29, 0.717) is 22.3 Å². The summed E-state index contributed by atoms with van der Waals surface area (Å²) in [6.45, 7) is 0. The third-order valence-electron chi connectivity index (χ3n) is 3.68. The van der Waals surface area contributed by atoms with E-state index in [9.17, 15) is 9.59 Å². The van der Waals surface area contributed by atoms with Gasteiger partial charge in [0.15, 0.2) is 11.2 Å². The highest BCUT2D eigenvalue weighted by atomic mass is 79.9. The minimum atomic E-state index is -0.264. The number of hydrogen-bond acceptors (Lipinski definition) is 4. The third kappa shape index (κ3) is 2.52. The van der Waals surface area contributed by atoms with Crippen LogP contribution in [0.4, 0.5) is 0 Å². The maximum Gasteiger partial charge on any atom is 0.232 e. The van der Waals surface area contributed by atoms with E-state index in [1.807, 2.05) is 0 Å². The minimum absolute atomic E-state index is 0.102. The molecular weight excluding hydrogens is 440 g/mol. The Balaban J connectivity index is 1.83. The summed E-state index contributed by atoms with van der Waals surface area (Å²) in [5, 5.41) is 0.435. The predicted octanol–water partition coefficient (Wildman–Crippen LogP) is 4.93. The molecule has 0 aliphatic carbocycles. The van der Waals surface area contributed by atoms with Crippen LogP contribution in [0.2, 0.25) is 0 Å². The van der Waals surface area contributed by atoms with Crippen LogP contribution in [0.1, 0.15) is 15.9 Å². The normalized spacial score (nSPS) is 14.9. The van der Waals surface area contributed by atoms with E-state index in [-0.39, 0.29) is 22.5 Å². The summed E-state index contributed by atoms with van der Waals surface area (Å²) in [4.78, 5) is 25.0. The van der Waals surface area contributed by atoms with Crippen LogP contribution in [-0.4, -0.2) is 5.78 Å². The van der Waals surface area contributed by atoms with Crippen molar-refractivity contribution in [3.05, 3.63) is 78.7 Å². The van der Waals surface area contributed by atoms with E-state index in [2.05, 4.69) is 31.9 Å². The van der Waals surface area contributed by atoms with Crippen LogP contribution < -0.4 is 10.2 Å². The Morgan fingerprint density at radius 1 is 0.958 bits per heavy atom. The molecule has 1 aliphatic rings. The Morgan fingerprint density at radius 2 is 1.71 bits per heavy atom. The molecule has 6 heteroatoms. The van der Waals surface area contributed by atoms with Crippen LogP contribution in [0.3, 0.4) is 0 Å². The molecular formula is C18H8Br2O4. The second kappa shape index (κ2) is 5.72. The van der Waals surface area contributed by atoms with Gasteiger partial charge in [0, 0.05) is 8.95 Å². The quantitative estimate of drug-likeness (QED) is 0.496. The molecule has 0 fully saturated rings. The number of halogens is 2. The zero-order chi connectivity index (χ0) is 16.8. The molecule has 0 radical (unpaired) electrons. The van der Waals surface area contributed by atoms with E-state index in [0.717, 1.165) is 8.95 Å². The second-order valence-electron chi connectivity index (χ2n) is 5.24. The van der Waals surface area contributed by atoms with Crippen molar-refractivity contribution in [3.8, 4) is 5.75 Å². The summed E-state index contributed by atoms with van der Waals surface area (Å²) < 4.78 is 12.6.